The van der Waals surface area contributed by atoms with Crippen LogP contribution >= 0.6 is 0 Å². The summed E-state index contributed by atoms with van der Waals surface area (Å²) in [6.45, 7) is 0. The van der Waals surface area contributed by atoms with E-state index in [-0.39, 0.29) is 0 Å². The van der Waals surface area contributed by atoms with Gasteiger partial charge in [0.15, 0.2) is 5.82 Å². The molecule has 0 amide bonds. The molecule has 49 heavy (non-hydrogen) atoms. The van der Waals surface area contributed by atoms with Gasteiger partial charge in [-0.1, -0.05) is 152 Å². The van der Waals surface area contributed by atoms with Crippen molar-refractivity contribution in [2.75, 3.05) is 0 Å². The molecule has 0 spiro atoms. The Bertz CT molecular complexity index is 2520. The molecule has 0 saturated carbocycles. The molecule has 0 unspecified atom stereocenters. The van der Waals surface area contributed by atoms with Crippen LogP contribution in [0.1, 0.15) is 0 Å². The SMILES string of the molecule is c1ccc(-c2cc(-c3cccc(-c4nn(-c5ccccc5)c5c4c(-c4ccccc4)cc4ccccc45)c3)nc(-c3ccccc3)n2)cc1. The fraction of sp³-hybridized carbons (Fsp3) is 0. The van der Waals surface area contributed by atoms with Crippen molar-refractivity contribution in [3.63, 3.8) is 0 Å². The zero-order chi connectivity index (χ0) is 32.6. The molecule has 0 aliphatic rings. The second-order valence-corrected chi connectivity index (χ2v) is 12.1. The first-order valence-electron chi connectivity index (χ1n) is 16.5. The van der Waals surface area contributed by atoms with Crippen molar-refractivity contribution in [1.29, 1.82) is 0 Å². The molecule has 0 fully saturated rings. The van der Waals surface area contributed by atoms with Gasteiger partial charge in [-0.3, -0.25) is 0 Å². The maximum absolute atomic E-state index is 5.42. The van der Waals surface area contributed by atoms with Gasteiger partial charge in [0.25, 0.3) is 0 Å². The maximum atomic E-state index is 5.42. The van der Waals surface area contributed by atoms with Gasteiger partial charge in [0.2, 0.25) is 0 Å². The number of hydrogen-bond acceptors (Lipinski definition) is 3. The minimum Gasteiger partial charge on any atom is -0.232 e. The highest BCUT2D eigenvalue weighted by molar-refractivity contribution is 6.17. The molecule has 0 aliphatic heterocycles. The molecule has 0 atom stereocenters. The zero-order valence-corrected chi connectivity index (χ0v) is 26.6. The van der Waals surface area contributed by atoms with Crippen molar-refractivity contribution in [2.24, 2.45) is 0 Å². The van der Waals surface area contributed by atoms with E-state index in [0.29, 0.717) is 5.82 Å². The minimum atomic E-state index is 0.694. The Labute approximate surface area is 284 Å². The monoisotopic (exact) mass is 626 g/mol. The van der Waals surface area contributed by atoms with Gasteiger partial charge in [-0.25, -0.2) is 14.6 Å². The van der Waals surface area contributed by atoms with Crippen LogP contribution in [-0.4, -0.2) is 19.7 Å². The summed E-state index contributed by atoms with van der Waals surface area (Å²) < 4.78 is 2.11. The number of hydrogen-bond donors (Lipinski definition) is 0. The van der Waals surface area contributed by atoms with Crippen LogP contribution in [0.4, 0.5) is 0 Å². The smallest absolute Gasteiger partial charge is 0.160 e. The second-order valence-electron chi connectivity index (χ2n) is 12.1. The molecule has 0 radical (unpaired) electrons. The lowest BCUT2D eigenvalue weighted by Crippen LogP contribution is -1.97. The predicted octanol–water partition coefficient (Wildman–Crippen LogP) is 11.3. The third-order valence-electron chi connectivity index (χ3n) is 9.02. The number of para-hydroxylation sites is 1. The van der Waals surface area contributed by atoms with Gasteiger partial charge in [0.1, 0.15) is 5.69 Å². The van der Waals surface area contributed by atoms with Crippen molar-refractivity contribution >= 4 is 21.7 Å². The highest BCUT2D eigenvalue weighted by atomic mass is 15.3. The Hall–Kier alpha value is -6.65. The summed E-state index contributed by atoms with van der Waals surface area (Å²) in [5.74, 6) is 0.694. The Morgan fingerprint density at radius 1 is 0.408 bits per heavy atom. The van der Waals surface area contributed by atoms with Gasteiger partial charge in [0.05, 0.1) is 22.6 Å². The van der Waals surface area contributed by atoms with Crippen LogP contribution in [-0.2, 0) is 0 Å². The van der Waals surface area contributed by atoms with Crippen molar-refractivity contribution in [2.45, 2.75) is 0 Å². The first-order valence-corrected chi connectivity index (χ1v) is 16.5. The van der Waals surface area contributed by atoms with Crippen LogP contribution in [0.5, 0.6) is 0 Å². The van der Waals surface area contributed by atoms with Gasteiger partial charge >= 0.3 is 0 Å². The van der Waals surface area contributed by atoms with E-state index in [1.54, 1.807) is 0 Å². The van der Waals surface area contributed by atoms with Crippen LogP contribution in [0.15, 0.2) is 182 Å². The lowest BCUT2D eigenvalue weighted by atomic mass is 9.93. The van der Waals surface area contributed by atoms with Crippen molar-refractivity contribution in [1.82, 2.24) is 19.7 Å². The van der Waals surface area contributed by atoms with Crippen LogP contribution in [0.3, 0.4) is 0 Å². The Morgan fingerprint density at radius 2 is 0.959 bits per heavy atom. The number of fused-ring (bicyclic) bond motifs is 3. The summed E-state index contributed by atoms with van der Waals surface area (Å²) >= 11 is 0. The Morgan fingerprint density at radius 3 is 1.67 bits per heavy atom. The molecule has 0 bridgehead atoms. The molecule has 4 heteroatoms. The van der Waals surface area contributed by atoms with E-state index in [1.165, 1.54) is 5.39 Å². The summed E-state index contributed by atoms with van der Waals surface area (Å²) in [7, 11) is 0. The first kappa shape index (κ1) is 28.6. The summed E-state index contributed by atoms with van der Waals surface area (Å²) in [5.41, 5.74) is 11.1. The summed E-state index contributed by atoms with van der Waals surface area (Å²) in [6.07, 6.45) is 0. The third kappa shape index (κ3) is 5.26. The zero-order valence-electron chi connectivity index (χ0n) is 26.6. The fourth-order valence-electron chi connectivity index (χ4n) is 6.69. The number of benzene rings is 7. The molecule has 0 N–H and O–H groups in total. The highest BCUT2D eigenvalue weighted by Crippen LogP contribution is 2.42. The normalized spacial score (nSPS) is 11.3. The molecule has 9 aromatic rings. The van der Waals surface area contributed by atoms with Crippen LogP contribution < -0.4 is 0 Å². The average Bonchev–Trinajstić information content (AvgIpc) is 3.60. The minimum absolute atomic E-state index is 0.694. The number of aromatic nitrogens is 4. The summed E-state index contributed by atoms with van der Waals surface area (Å²) in [4.78, 5) is 10.1. The second kappa shape index (κ2) is 12.2. The van der Waals surface area contributed by atoms with Crippen LogP contribution in [0, 0.1) is 0 Å². The summed E-state index contributed by atoms with van der Waals surface area (Å²) in [6, 6.07) is 63.1. The molecule has 0 aliphatic carbocycles. The molecule has 2 heterocycles. The Balaban J connectivity index is 1.30. The van der Waals surface area contributed by atoms with Crippen LogP contribution in [0.2, 0.25) is 0 Å². The van der Waals surface area contributed by atoms with Crippen molar-refractivity contribution in [3.8, 4) is 62.0 Å². The van der Waals surface area contributed by atoms with E-state index in [0.717, 1.165) is 72.4 Å². The van der Waals surface area contributed by atoms with Gasteiger partial charge < -0.3 is 0 Å². The standard InChI is InChI=1S/C45H30N4/c1-5-16-31(17-6-1)39-29-34-22-13-14-27-38(34)44-42(39)43(48-49(44)37-25-11-4-12-26-37)36-24-15-23-35(28-36)41-30-40(32-18-7-2-8-19-32)46-45(47-41)33-20-9-3-10-21-33/h1-30H. The van der Waals surface area contributed by atoms with E-state index < -0.39 is 0 Å². The molecular formula is C45H30N4. The van der Waals surface area contributed by atoms with Crippen LogP contribution in [0.25, 0.3) is 83.6 Å². The maximum Gasteiger partial charge on any atom is 0.160 e. The van der Waals surface area contributed by atoms with Crippen molar-refractivity contribution in [3.05, 3.63) is 182 Å². The fourth-order valence-corrected chi connectivity index (χ4v) is 6.69. The van der Waals surface area contributed by atoms with Gasteiger partial charge in [0, 0.05) is 33.0 Å². The van der Waals surface area contributed by atoms with Gasteiger partial charge in [-0.2, -0.15) is 5.10 Å². The topological polar surface area (TPSA) is 43.6 Å². The van der Waals surface area contributed by atoms with Gasteiger partial charge in [-0.15, -0.1) is 0 Å². The molecule has 0 saturated heterocycles. The van der Waals surface area contributed by atoms with Crippen molar-refractivity contribution < 1.29 is 0 Å². The summed E-state index contributed by atoms with van der Waals surface area (Å²) in [5, 5.41) is 8.86. The van der Waals surface area contributed by atoms with E-state index in [9.17, 15) is 0 Å². The van der Waals surface area contributed by atoms with E-state index in [2.05, 4.69) is 144 Å². The first-order chi connectivity index (χ1) is 24.3. The lowest BCUT2D eigenvalue weighted by molar-refractivity contribution is 0.918. The quantitative estimate of drug-likeness (QED) is 0.184. The number of nitrogens with zero attached hydrogens (tertiary/aromatic N) is 4. The van der Waals surface area contributed by atoms with E-state index >= 15 is 0 Å². The lowest BCUT2D eigenvalue weighted by Gasteiger charge is -2.12. The van der Waals surface area contributed by atoms with E-state index in [4.69, 9.17) is 15.1 Å². The molecule has 7 aromatic carbocycles. The molecule has 9 rings (SSSR count). The molecule has 2 aromatic heterocycles. The predicted molar refractivity (Wildman–Crippen MR) is 201 cm³/mol. The molecular weight excluding hydrogens is 597 g/mol. The average molecular weight is 627 g/mol. The van der Waals surface area contributed by atoms with E-state index in [1.807, 2.05) is 42.5 Å². The Kier molecular flexibility index (Phi) is 7.10. The molecule has 230 valence electrons. The molecule has 4 nitrogen and oxygen atoms in total. The third-order valence-corrected chi connectivity index (χ3v) is 9.02. The largest absolute Gasteiger partial charge is 0.232 e. The highest BCUT2D eigenvalue weighted by Gasteiger charge is 2.21. The number of rotatable bonds is 6. The van der Waals surface area contributed by atoms with Gasteiger partial charge in [-0.05, 0) is 46.8 Å².